The number of nitrogens with two attached hydrogens (primary N) is 1. The van der Waals surface area contributed by atoms with Crippen molar-refractivity contribution in [3.8, 4) is 16.9 Å². The average Bonchev–Trinajstić information content (AvgIpc) is 3.01. The number of phenolic OH excluding ortho intramolecular Hbond substituents is 1. The molecule has 6 N–H and O–H groups in total. The number of ketones is 2. The van der Waals surface area contributed by atoms with Gasteiger partial charge in [0.1, 0.15) is 28.9 Å². The minimum atomic E-state index is -2.31. The molecule has 0 heterocycles. The molecule has 0 fully saturated rings. The summed E-state index contributed by atoms with van der Waals surface area (Å²) < 4.78 is 10.8. The van der Waals surface area contributed by atoms with Crippen LogP contribution >= 0.6 is 0 Å². The zero-order chi connectivity index (χ0) is 34.4. The van der Waals surface area contributed by atoms with Crippen molar-refractivity contribution in [3.63, 3.8) is 0 Å². The Morgan fingerprint density at radius 1 is 1.09 bits per heavy atom. The lowest BCUT2D eigenvalue weighted by atomic mass is 9.60. The first-order valence-corrected chi connectivity index (χ1v) is 16.0. The summed E-state index contributed by atoms with van der Waals surface area (Å²) in [7, 11) is 1.24. The molecule has 2 aromatic rings. The number of rotatable bonds is 10. The lowest BCUT2D eigenvalue weighted by Crippen LogP contribution is -2.54. The van der Waals surface area contributed by atoms with Crippen LogP contribution in [0.25, 0.3) is 11.1 Å². The highest BCUT2D eigenvalue weighted by molar-refractivity contribution is 6.20. The predicted octanol–water partition coefficient (Wildman–Crippen LogP) is 3.58. The number of aliphatic hydroxyl groups is 2. The number of fused-ring (bicyclic) bond motifs is 3. The van der Waals surface area contributed by atoms with Crippen LogP contribution in [-0.4, -0.2) is 64.1 Å². The van der Waals surface area contributed by atoms with Crippen molar-refractivity contribution in [2.45, 2.75) is 71.6 Å². The minimum Gasteiger partial charge on any atom is -0.508 e. The summed E-state index contributed by atoms with van der Waals surface area (Å²) in [6.45, 7) is 8.37. The summed E-state index contributed by atoms with van der Waals surface area (Å²) in [6, 6.07) is 8.77. The van der Waals surface area contributed by atoms with Crippen LogP contribution in [0.2, 0.25) is 0 Å². The van der Waals surface area contributed by atoms with E-state index in [0.717, 1.165) is 22.3 Å². The van der Waals surface area contributed by atoms with E-state index in [1.165, 1.54) is 13.2 Å². The summed E-state index contributed by atoms with van der Waals surface area (Å²) in [5.74, 6) is -5.58. The Hall–Kier alpha value is -4.48. The number of carbonyl (C=O) groups is 4. The first kappa shape index (κ1) is 33.9. The molecule has 0 aromatic heterocycles. The van der Waals surface area contributed by atoms with Crippen LogP contribution in [-0.2, 0) is 43.2 Å². The van der Waals surface area contributed by atoms with E-state index >= 15 is 0 Å². The number of hydrogen-bond acceptors (Lipinski definition) is 10. The van der Waals surface area contributed by atoms with E-state index in [4.69, 9.17) is 15.2 Å². The molecule has 250 valence electrons. The molecule has 11 heteroatoms. The minimum absolute atomic E-state index is 0.00482. The molecule has 4 atom stereocenters. The molecular formula is C36H42N2O9. The van der Waals surface area contributed by atoms with Crippen LogP contribution in [0.5, 0.6) is 5.75 Å². The third-order valence-electron chi connectivity index (χ3n) is 9.71. The molecule has 5 rings (SSSR count). The van der Waals surface area contributed by atoms with Gasteiger partial charge < -0.3 is 35.8 Å². The van der Waals surface area contributed by atoms with Gasteiger partial charge in [-0.1, -0.05) is 39.0 Å². The summed E-state index contributed by atoms with van der Waals surface area (Å²) in [5.41, 5.74) is 6.65. The van der Waals surface area contributed by atoms with Crippen molar-refractivity contribution in [2.24, 2.45) is 23.5 Å². The second-order valence-corrected chi connectivity index (χ2v) is 12.8. The van der Waals surface area contributed by atoms with Gasteiger partial charge in [0.05, 0.1) is 19.3 Å². The number of nitrogens with one attached hydrogen (secondary N) is 1. The van der Waals surface area contributed by atoms with Gasteiger partial charge in [-0.3, -0.25) is 19.2 Å². The number of primary amides is 1. The normalized spacial score (nSPS) is 22.9. The van der Waals surface area contributed by atoms with Gasteiger partial charge in [-0.25, -0.2) is 0 Å². The van der Waals surface area contributed by atoms with Gasteiger partial charge in [0.15, 0.2) is 17.2 Å². The van der Waals surface area contributed by atoms with Crippen molar-refractivity contribution >= 4 is 23.4 Å². The molecule has 1 amide bonds. The number of carbonyl (C=O) groups excluding carboxylic acids is 4. The number of benzene rings is 2. The van der Waals surface area contributed by atoms with Crippen molar-refractivity contribution in [1.82, 2.24) is 5.32 Å². The fourth-order valence-corrected chi connectivity index (χ4v) is 7.46. The van der Waals surface area contributed by atoms with Gasteiger partial charge in [0.2, 0.25) is 0 Å². The zero-order valence-corrected chi connectivity index (χ0v) is 27.3. The number of aryl methyl sites for hydroxylation is 1. The second-order valence-electron chi connectivity index (χ2n) is 12.8. The number of aromatic hydroxyl groups is 1. The predicted molar refractivity (Wildman–Crippen MR) is 172 cm³/mol. The first-order valence-electron chi connectivity index (χ1n) is 16.0. The first-order chi connectivity index (χ1) is 22.3. The lowest BCUT2D eigenvalue weighted by Gasteiger charge is -2.47. The molecule has 3 aliphatic carbocycles. The highest BCUT2D eigenvalue weighted by Gasteiger charge is 2.59. The molecule has 0 bridgehead atoms. The smallest absolute Gasteiger partial charge is 0.323 e. The van der Waals surface area contributed by atoms with E-state index in [1.807, 2.05) is 39.0 Å². The number of phenols is 1. The number of allylic oxidation sites excluding steroid dienone is 1. The number of esters is 1. The molecule has 1 unspecified atom stereocenters. The molecule has 0 radical (unpaired) electrons. The molecule has 11 nitrogen and oxygen atoms in total. The highest BCUT2D eigenvalue weighted by Crippen LogP contribution is 2.54. The Morgan fingerprint density at radius 3 is 2.43 bits per heavy atom. The van der Waals surface area contributed by atoms with E-state index in [2.05, 4.69) is 5.32 Å². The number of aliphatic hydroxyl groups excluding tert-OH is 1. The largest absolute Gasteiger partial charge is 0.508 e. The van der Waals surface area contributed by atoms with E-state index in [1.54, 1.807) is 13.0 Å². The Balaban J connectivity index is 1.61. The fourth-order valence-electron chi connectivity index (χ4n) is 7.46. The van der Waals surface area contributed by atoms with Crippen molar-refractivity contribution in [3.05, 3.63) is 75.3 Å². The van der Waals surface area contributed by atoms with E-state index < -0.39 is 52.3 Å². The Kier molecular flexibility index (Phi) is 9.34. The van der Waals surface area contributed by atoms with Crippen LogP contribution in [0.3, 0.4) is 0 Å². The maximum Gasteiger partial charge on any atom is 0.323 e. The topological polar surface area (TPSA) is 185 Å². The Labute approximate surface area is 273 Å². The van der Waals surface area contributed by atoms with E-state index in [0.29, 0.717) is 18.5 Å². The third-order valence-corrected chi connectivity index (χ3v) is 9.71. The number of hydrogen-bond donors (Lipinski definition) is 5. The van der Waals surface area contributed by atoms with Gasteiger partial charge in [0, 0.05) is 24.5 Å². The van der Waals surface area contributed by atoms with Crippen molar-refractivity contribution in [2.75, 3.05) is 13.7 Å². The molecule has 47 heavy (non-hydrogen) atoms. The maximum atomic E-state index is 14.3. The summed E-state index contributed by atoms with van der Waals surface area (Å²) >= 11 is 0. The van der Waals surface area contributed by atoms with Gasteiger partial charge in [0.25, 0.3) is 5.91 Å². The summed E-state index contributed by atoms with van der Waals surface area (Å²) in [6.07, 6.45) is 0.833. The van der Waals surface area contributed by atoms with Crippen molar-refractivity contribution in [1.29, 1.82) is 0 Å². The maximum absolute atomic E-state index is 14.3. The SMILES string of the molecule is CCOC(=O)C(NCc1ccc(CC)c(-c2ccc(O)c3c2C[C@H]2C[C@H]4CC(=O)C(C(N)=O)=C(O)[C@@]4(O)C(OC)=C2C3=O)c1)C(C)C. The molecule has 0 aliphatic heterocycles. The van der Waals surface area contributed by atoms with Crippen LogP contribution < -0.4 is 11.1 Å². The number of Topliss-reactive ketones (excluding diaryl/α,β-unsaturated/α-hetero) is 2. The lowest BCUT2D eigenvalue weighted by molar-refractivity contribution is -0.147. The Bertz CT molecular complexity index is 1720. The van der Waals surface area contributed by atoms with Crippen LogP contribution in [0, 0.1) is 17.8 Å². The van der Waals surface area contributed by atoms with Gasteiger partial charge in [-0.15, -0.1) is 0 Å². The molecule has 3 aliphatic rings. The fraction of sp³-hybridized carbons (Fsp3) is 0.444. The quantitative estimate of drug-likeness (QED) is 0.189. The number of amides is 1. The van der Waals surface area contributed by atoms with Crippen molar-refractivity contribution < 1.29 is 44.0 Å². The molecular weight excluding hydrogens is 604 g/mol. The molecule has 0 saturated carbocycles. The zero-order valence-electron chi connectivity index (χ0n) is 27.3. The van der Waals surface area contributed by atoms with E-state index in [-0.39, 0.29) is 60.4 Å². The van der Waals surface area contributed by atoms with E-state index in [9.17, 15) is 34.5 Å². The molecule has 0 saturated heterocycles. The standard InChI is InChI=1S/C36H42N2O9/c1-6-19-9-8-18(16-38-30(17(3)4)35(44)47-7-2)12-23(19)22-10-11-25(39)28-24(22)14-20-13-21-15-26(40)29(34(37)43)32(42)36(21,45)33(46-5)27(20)31(28)41/h8-12,17,20-21,30,38-39,42,45H,6-7,13-16H2,1-5H3,(H2,37,43)/t20-,21+,30?,36-/m1/s1. The van der Waals surface area contributed by atoms with Gasteiger partial charge in [-0.05, 0) is 78.0 Å². The van der Waals surface area contributed by atoms with Gasteiger partial charge >= 0.3 is 5.97 Å². The molecule has 0 spiro atoms. The second kappa shape index (κ2) is 13.0. The van der Waals surface area contributed by atoms with Crippen LogP contribution in [0.4, 0.5) is 0 Å². The van der Waals surface area contributed by atoms with Crippen LogP contribution in [0.1, 0.15) is 67.6 Å². The average molecular weight is 647 g/mol. The van der Waals surface area contributed by atoms with Gasteiger partial charge in [-0.2, -0.15) is 0 Å². The highest BCUT2D eigenvalue weighted by atomic mass is 16.5. The number of ether oxygens (including phenoxy) is 2. The monoisotopic (exact) mass is 646 g/mol. The van der Waals surface area contributed by atoms with Crippen LogP contribution in [0.15, 0.2) is 53.0 Å². The number of methoxy groups -OCH3 is 1. The Morgan fingerprint density at radius 2 is 1.81 bits per heavy atom. The summed E-state index contributed by atoms with van der Waals surface area (Å²) in [4.78, 5) is 51.7. The molecule has 2 aromatic carbocycles. The third kappa shape index (κ3) is 5.61. The summed E-state index contributed by atoms with van der Waals surface area (Å²) in [5, 5.41) is 37.3.